The Labute approximate surface area is 99.1 Å². The number of hydrogen-bond donors (Lipinski definition) is 1. The van der Waals surface area contributed by atoms with Gasteiger partial charge in [0.25, 0.3) is 0 Å². The van der Waals surface area contributed by atoms with E-state index in [9.17, 15) is 0 Å². The fourth-order valence-electron chi connectivity index (χ4n) is 4.09. The first-order valence-electron chi connectivity index (χ1n) is 6.92. The Kier molecular flexibility index (Phi) is 2.38. The van der Waals surface area contributed by atoms with Gasteiger partial charge in [0, 0.05) is 12.0 Å². The summed E-state index contributed by atoms with van der Waals surface area (Å²) >= 11 is 0. The predicted octanol–water partition coefficient (Wildman–Crippen LogP) is 3.07. The van der Waals surface area contributed by atoms with Crippen LogP contribution in [0.4, 0.5) is 0 Å². The summed E-state index contributed by atoms with van der Waals surface area (Å²) in [5, 5.41) is 3.73. The van der Waals surface area contributed by atoms with Gasteiger partial charge in [0.05, 0.1) is 6.61 Å². The van der Waals surface area contributed by atoms with E-state index in [1.54, 1.807) is 0 Å². The highest BCUT2D eigenvalue weighted by atomic mass is 16.5. The van der Waals surface area contributed by atoms with Gasteiger partial charge in [-0.3, -0.25) is 5.32 Å². The van der Waals surface area contributed by atoms with E-state index >= 15 is 0 Å². The highest BCUT2D eigenvalue weighted by Gasteiger charge is 2.54. The number of hydrogen-bond acceptors (Lipinski definition) is 2. The maximum Gasteiger partial charge on any atom is 0.120 e. The van der Waals surface area contributed by atoms with Crippen molar-refractivity contribution in [3.05, 3.63) is 0 Å². The summed E-state index contributed by atoms with van der Waals surface area (Å²) in [7, 11) is 0. The third kappa shape index (κ3) is 1.80. The minimum Gasteiger partial charge on any atom is -0.360 e. The van der Waals surface area contributed by atoms with Crippen LogP contribution in [-0.4, -0.2) is 18.9 Å². The van der Waals surface area contributed by atoms with E-state index in [4.69, 9.17) is 4.74 Å². The Morgan fingerprint density at radius 1 is 1.00 bits per heavy atom. The molecule has 0 unspecified atom stereocenters. The predicted molar refractivity (Wildman–Crippen MR) is 65.2 cm³/mol. The average Bonchev–Trinajstić information content (AvgIpc) is 2.22. The van der Waals surface area contributed by atoms with Crippen molar-refractivity contribution in [1.29, 1.82) is 0 Å². The molecule has 2 nitrogen and oxygen atoms in total. The smallest absolute Gasteiger partial charge is 0.120 e. The van der Waals surface area contributed by atoms with Crippen LogP contribution >= 0.6 is 0 Å². The zero-order valence-corrected chi connectivity index (χ0v) is 10.8. The lowest BCUT2D eigenvalue weighted by atomic mass is 9.63. The van der Waals surface area contributed by atoms with E-state index in [-0.39, 0.29) is 5.72 Å². The van der Waals surface area contributed by atoms with Gasteiger partial charge in [0.1, 0.15) is 5.72 Å². The molecule has 1 heterocycles. The van der Waals surface area contributed by atoms with Crippen molar-refractivity contribution in [2.75, 3.05) is 13.2 Å². The Hall–Kier alpha value is -0.0800. The summed E-state index contributed by atoms with van der Waals surface area (Å²) in [6.45, 7) is 6.89. The van der Waals surface area contributed by atoms with Crippen LogP contribution < -0.4 is 5.32 Å². The molecule has 0 aromatic heterocycles. The Bertz CT molecular complexity index is 258. The molecule has 1 N–H and O–H groups in total. The van der Waals surface area contributed by atoms with Crippen LogP contribution in [0.5, 0.6) is 0 Å². The highest BCUT2D eigenvalue weighted by molar-refractivity contribution is 5.03. The van der Waals surface area contributed by atoms with Gasteiger partial charge in [-0.05, 0) is 31.1 Å². The van der Waals surface area contributed by atoms with Gasteiger partial charge in [-0.15, -0.1) is 0 Å². The van der Waals surface area contributed by atoms with Gasteiger partial charge >= 0.3 is 0 Å². The molecule has 2 heteroatoms. The third-order valence-electron chi connectivity index (χ3n) is 4.88. The summed E-state index contributed by atoms with van der Waals surface area (Å²) in [4.78, 5) is 0. The van der Waals surface area contributed by atoms with Crippen LogP contribution in [0.2, 0.25) is 0 Å². The lowest BCUT2D eigenvalue weighted by Crippen LogP contribution is -2.67. The first-order valence-corrected chi connectivity index (χ1v) is 6.92. The zero-order valence-electron chi connectivity index (χ0n) is 10.8. The number of ether oxygens (including phenoxy) is 1. The lowest BCUT2D eigenvalue weighted by molar-refractivity contribution is -0.228. The third-order valence-corrected chi connectivity index (χ3v) is 4.88. The molecule has 0 bridgehead atoms. The molecule has 2 spiro atoms. The second kappa shape index (κ2) is 3.46. The minimum atomic E-state index is 0.0617. The fourth-order valence-corrected chi connectivity index (χ4v) is 4.09. The molecule has 3 fully saturated rings. The molecule has 0 aromatic rings. The minimum absolute atomic E-state index is 0.0617. The highest BCUT2D eigenvalue weighted by Crippen LogP contribution is 2.52. The van der Waals surface area contributed by atoms with Gasteiger partial charge in [0.2, 0.25) is 0 Å². The van der Waals surface area contributed by atoms with E-state index in [0.29, 0.717) is 10.8 Å². The van der Waals surface area contributed by atoms with Crippen molar-refractivity contribution in [1.82, 2.24) is 5.32 Å². The Morgan fingerprint density at radius 3 is 2.19 bits per heavy atom. The zero-order chi connectivity index (χ0) is 11.3. The Balaban J connectivity index is 1.60. The summed E-state index contributed by atoms with van der Waals surface area (Å²) in [5.74, 6) is 0. The summed E-state index contributed by atoms with van der Waals surface area (Å²) < 4.78 is 6.22. The van der Waals surface area contributed by atoms with Crippen LogP contribution in [0.15, 0.2) is 0 Å². The number of nitrogens with one attached hydrogen (secondary N) is 1. The summed E-state index contributed by atoms with van der Waals surface area (Å²) in [6, 6.07) is 0. The van der Waals surface area contributed by atoms with E-state index in [1.807, 2.05) is 0 Å². The molecule has 1 saturated heterocycles. The van der Waals surface area contributed by atoms with Gasteiger partial charge in [0.15, 0.2) is 0 Å². The molecule has 92 valence electrons. The Morgan fingerprint density at radius 2 is 1.69 bits per heavy atom. The van der Waals surface area contributed by atoms with Crippen molar-refractivity contribution in [3.8, 4) is 0 Å². The summed E-state index contributed by atoms with van der Waals surface area (Å²) in [6.07, 6.45) is 9.37. The second-order valence-electron chi connectivity index (χ2n) is 7.21. The van der Waals surface area contributed by atoms with Crippen molar-refractivity contribution < 1.29 is 4.74 Å². The second-order valence-corrected chi connectivity index (χ2v) is 7.21. The molecule has 1 aliphatic heterocycles. The molecule has 3 rings (SSSR count). The van der Waals surface area contributed by atoms with Crippen LogP contribution in [-0.2, 0) is 4.74 Å². The maximum absolute atomic E-state index is 6.22. The van der Waals surface area contributed by atoms with Crippen molar-refractivity contribution >= 4 is 0 Å². The normalized spacial score (nSPS) is 34.9. The molecular weight excluding hydrogens is 198 g/mol. The quantitative estimate of drug-likeness (QED) is 0.681. The standard InChI is InChI=1S/C14H25NO/c1-12(2)8-14(9-12)15-10-13(11-16-14)6-4-3-5-7-13/h15H,3-11H2,1-2H3. The molecule has 0 amide bonds. The van der Waals surface area contributed by atoms with Gasteiger partial charge in [-0.25, -0.2) is 0 Å². The first-order chi connectivity index (χ1) is 7.54. The molecule has 0 aromatic carbocycles. The van der Waals surface area contributed by atoms with Crippen LogP contribution in [0.1, 0.15) is 58.8 Å². The molecule has 2 aliphatic carbocycles. The van der Waals surface area contributed by atoms with E-state index < -0.39 is 0 Å². The summed E-state index contributed by atoms with van der Waals surface area (Å²) in [5.41, 5.74) is 1.04. The van der Waals surface area contributed by atoms with Crippen LogP contribution in [0, 0.1) is 10.8 Å². The van der Waals surface area contributed by atoms with Crippen molar-refractivity contribution in [3.63, 3.8) is 0 Å². The SMILES string of the molecule is CC1(C)CC2(C1)NCC1(CCCCC1)CO2. The average molecular weight is 223 g/mol. The largest absolute Gasteiger partial charge is 0.360 e. The molecule has 0 atom stereocenters. The maximum atomic E-state index is 6.22. The monoisotopic (exact) mass is 223 g/mol. The van der Waals surface area contributed by atoms with Crippen LogP contribution in [0.25, 0.3) is 0 Å². The molecular formula is C14H25NO. The molecule has 3 aliphatic rings. The van der Waals surface area contributed by atoms with E-state index in [2.05, 4.69) is 19.2 Å². The fraction of sp³-hybridized carbons (Fsp3) is 1.00. The van der Waals surface area contributed by atoms with Gasteiger partial charge in [-0.1, -0.05) is 33.1 Å². The lowest BCUT2D eigenvalue weighted by Gasteiger charge is -2.58. The van der Waals surface area contributed by atoms with E-state index in [1.165, 1.54) is 51.5 Å². The van der Waals surface area contributed by atoms with Crippen LogP contribution in [0.3, 0.4) is 0 Å². The van der Waals surface area contributed by atoms with Crippen molar-refractivity contribution in [2.24, 2.45) is 10.8 Å². The molecule has 2 saturated carbocycles. The molecule has 16 heavy (non-hydrogen) atoms. The first kappa shape index (κ1) is 11.0. The van der Waals surface area contributed by atoms with Gasteiger partial charge < -0.3 is 4.74 Å². The number of rotatable bonds is 0. The van der Waals surface area contributed by atoms with Gasteiger partial charge in [-0.2, -0.15) is 0 Å². The van der Waals surface area contributed by atoms with Crippen molar-refractivity contribution in [2.45, 2.75) is 64.5 Å². The molecule has 0 radical (unpaired) electrons. The topological polar surface area (TPSA) is 21.3 Å². The van der Waals surface area contributed by atoms with E-state index in [0.717, 1.165) is 6.61 Å².